The standard InChI is InChI=1S/C28H34N2O4S/c1-5-21(2)17-30(28(32)27-24(33-3)14-9-15-25(27)34-4)20-26(31)29(19-23-13-10-16-35-23)18-22-11-7-6-8-12-22/h6-16,21H,5,17-20H2,1-4H3. The van der Waals surface area contributed by atoms with E-state index in [1.807, 2.05) is 52.7 Å². The van der Waals surface area contributed by atoms with Crippen LogP contribution < -0.4 is 9.47 Å². The highest BCUT2D eigenvalue weighted by atomic mass is 32.1. The maximum Gasteiger partial charge on any atom is 0.261 e. The molecule has 1 heterocycles. The lowest BCUT2D eigenvalue weighted by atomic mass is 10.1. The fourth-order valence-electron chi connectivity index (χ4n) is 3.83. The van der Waals surface area contributed by atoms with E-state index in [0.717, 1.165) is 16.9 Å². The normalized spacial score (nSPS) is 11.5. The topological polar surface area (TPSA) is 59.1 Å². The van der Waals surface area contributed by atoms with Crippen molar-refractivity contribution in [1.29, 1.82) is 0 Å². The Kier molecular flexibility index (Phi) is 9.73. The van der Waals surface area contributed by atoms with Crippen molar-refractivity contribution in [3.05, 3.63) is 82.0 Å². The van der Waals surface area contributed by atoms with E-state index in [1.165, 1.54) is 14.2 Å². The summed E-state index contributed by atoms with van der Waals surface area (Å²) in [6, 6.07) is 19.2. The minimum atomic E-state index is -0.274. The maximum absolute atomic E-state index is 13.8. The molecule has 2 amide bonds. The molecule has 0 bridgehead atoms. The van der Waals surface area contributed by atoms with E-state index < -0.39 is 0 Å². The molecule has 1 unspecified atom stereocenters. The molecular formula is C28H34N2O4S. The number of nitrogens with zero attached hydrogens (tertiary/aromatic N) is 2. The summed E-state index contributed by atoms with van der Waals surface area (Å²) >= 11 is 1.62. The molecule has 0 N–H and O–H groups in total. The molecule has 186 valence electrons. The number of carbonyl (C=O) groups excluding carboxylic acids is 2. The summed E-state index contributed by atoms with van der Waals surface area (Å²) in [5, 5.41) is 2.01. The first-order valence-electron chi connectivity index (χ1n) is 11.8. The SMILES string of the molecule is CCC(C)CN(CC(=O)N(Cc1ccccc1)Cc1cccs1)C(=O)c1c(OC)cccc1OC. The molecule has 0 radical (unpaired) electrons. The van der Waals surface area contributed by atoms with Gasteiger partial charge in [-0.15, -0.1) is 11.3 Å². The van der Waals surface area contributed by atoms with Crippen molar-refractivity contribution in [3.63, 3.8) is 0 Å². The van der Waals surface area contributed by atoms with Gasteiger partial charge in [-0.05, 0) is 35.1 Å². The van der Waals surface area contributed by atoms with Crippen LogP contribution in [-0.2, 0) is 17.9 Å². The average molecular weight is 495 g/mol. The van der Waals surface area contributed by atoms with Crippen LogP contribution in [0.4, 0.5) is 0 Å². The second-order valence-corrected chi connectivity index (χ2v) is 9.58. The monoisotopic (exact) mass is 494 g/mol. The van der Waals surface area contributed by atoms with Crippen LogP contribution in [0, 0.1) is 5.92 Å². The first-order valence-corrected chi connectivity index (χ1v) is 12.7. The van der Waals surface area contributed by atoms with Crippen molar-refractivity contribution in [2.24, 2.45) is 5.92 Å². The summed E-state index contributed by atoms with van der Waals surface area (Å²) < 4.78 is 10.9. The van der Waals surface area contributed by atoms with E-state index >= 15 is 0 Å². The number of methoxy groups -OCH3 is 2. The molecule has 6 nitrogen and oxygen atoms in total. The molecule has 2 aromatic carbocycles. The molecule has 1 atom stereocenters. The quantitative estimate of drug-likeness (QED) is 0.334. The molecule has 7 heteroatoms. The molecule has 0 saturated carbocycles. The molecule has 3 rings (SSSR count). The van der Waals surface area contributed by atoms with Gasteiger partial charge in [0.15, 0.2) is 0 Å². The minimum Gasteiger partial charge on any atom is -0.496 e. The van der Waals surface area contributed by atoms with Gasteiger partial charge >= 0.3 is 0 Å². The molecular weight excluding hydrogens is 460 g/mol. The number of amides is 2. The Morgan fingerprint density at radius 3 is 2.14 bits per heavy atom. The van der Waals surface area contributed by atoms with Crippen molar-refractivity contribution in [1.82, 2.24) is 9.80 Å². The van der Waals surface area contributed by atoms with Crippen molar-refractivity contribution in [2.75, 3.05) is 27.3 Å². The van der Waals surface area contributed by atoms with Crippen LogP contribution in [0.1, 0.15) is 41.1 Å². The Bertz CT molecular complexity index is 1060. The number of benzene rings is 2. The minimum absolute atomic E-state index is 0.0252. The van der Waals surface area contributed by atoms with Gasteiger partial charge in [-0.1, -0.05) is 62.7 Å². The van der Waals surface area contributed by atoms with E-state index in [2.05, 4.69) is 13.8 Å². The third-order valence-corrected chi connectivity index (χ3v) is 6.84. The molecule has 0 aliphatic carbocycles. The second kappa shape index (κ2) is 13.0. The van der Waals surface area contributed by atoms with Crippen LogP contribution >= 0.6 is 11.3 Å². The molecule has 0 saturated heterocycles. The highest BCUT2D eigenvalue weighted by molar-refractivity contribution is 7.09. The van der Waals surface area contributed by atoms with E-state index in [4.69, 9.17) is 9.47 Å². The molecule has 3 aromatic rings. The van der Waals surface area contributed by atoms with Crippen LogP contribution in [0.15, 0.2) is 66.0 Å². The number of hydrogen-bond donors (Lipinski definition) is 0. The molecule has 0 spiro atoms. The van der Waals surface area contributed by atoms with Gasteiger partial charge in [0, 0.05) is 18.0 Å². The van der Waals surface area contributed by atoms with Gasteiger partial charge in [-0.2, -0.15) is 0 Å². The third kappa shape index (κ3) is 7.09. The summed E-state index contributed by atoms with van der Waals surface area (Å²) in [6.45, 7) is 5.56. The summed E-state index contributed by atoms with van der Waals surface area (Å²) in [4.78, 5) is 32.0. The zero-order valence-electron chi connectivity index (χ0n) is 20.9. The number of thiophene rings is 1. The highest BCUT2D eigenvalue weighted by Gasteiger charge is 2.28. The Labute approximate surface area is 212 Å². The van der Waals surface area contributed by atoms with Gasteiger partial charge in [0.05, 0.1) is 20.8 Å². The van der Waals surface area contributed by atoms with E-state index in [1.54, 1.807) is 34.4 Å². The number of hydrogen-bond acceptors (Lipinski definition) is 5. The summed E-state index contributed by atoms with van der Waals surface area (Å²) in [7, 11) is 3.05. The Morgan fingerprint density at radius 2 is 1.57 bits per heavy atom. The van der Waals surface area contributed by atoms with Gasteiger partial charge in [0.2, 0.25) is 5.91 Å². The first-order chi connectivity index (χ1) is 17.0. The smallest absolute Gasteiger partial charge is 0.261 e. The second-order valence-electron chi connectivity index (χ2n) is 8.55. The van der Waals surface area contributed by atoms with Gasteiger partial charge in [-0.25, -0.2) is 0 Å². The number of carbonyl (C=O) groups is 2. The van der Waals surface area contributed by atoms with Gasteiger partial charge in [-0.3, -0.25) is 9.59 Å². The fourth-order valence-corrected chi connectivity index (χ4v) is 4.55. The fraction of sp³-hybridized carbons (Fsp3) is 0.357. The predicted octanol–water partition coefficient (Wildman–Crippen LogP) is 5.48. The molecule has 0 aliphatic heterocycles. The number of ether oxygens (including phenoxy) is 2. The van der Waals surface area contributed by atoms with Crippen molar-refractivity contribution < 1.29 is 19.1 Å². The zero-order chi connectivity index (χ0) is 25.2. The van der Waals surface area contributed by atoms with Crippen LogP contribution in [0.2, 0.25) is 0 Å². The predicted molar refractivity (Wildman–Crippen MR) is 140 cm³/mol. The van der Waals surface area contributed by atoms with Crippen LogP contribution in [-0.4, -0.2) is 48.9 Å². The largest absolute Gasteiger partial charge is 0.496 e. The first kappa shape index (κ1) is 26.3. The average Bonchev–Trinajstić information content (AvgIpc) is 3.40. The Hall–Kier alpha value is -3.32. The summed E-state index contributed by atoms with van der Waals surface area (Å²) in [5.41, 5.74) is 1.38. The van der Waals surface area contributed by atoms with Gasteiger partial charge in [0.1, 0.15) is 23.6 Å². The number of rotatable bonds is 12. The Morgan fingerprint density at radius 1 is 0.886 bits per heavy atom. The lowest BCUT2D eigenvalue weighted by Crippen LogP contribution is -2.44. The third-order valence-electron chi connectivity index (χ3n) is 5.98. The summed E-state index contributed by atoms with van der Waals surface area (Å²) in [6.07, 6.45) is 0.893. The van der Waals surface area contributed by atoms with Crippen molar-refractivity contribution >= 4 is 23.2 Å². The highest BCUT2D eigenvalue weighted by Crippen LogP contribution is 2.30. The van der Waals surface area contributed by atoms with E-state index in [0.29, 0.717) is 36.7 Å². The molecule has 1 aromatic heterocycles. The van der Waals surface area contributed by atoms with E-state index in [-0.39, 0.29) is 24.3 Å². The van der Waals surface area contributed by atoms with E-state index in [9.17, 15) is 9.59 Å². The van der Waals surface area contributed by atoms with Gasteiger partial charge in [0.25, 0.3) is 5.91 Å². The van der Waals surface area contributed by atoms with Crippen LogP contribution in [0.3, 0.4) is 0 Å². The molecule has 0 aliphatic rings. The van der Waals surface area contributed by atoms with Gasteiger partial charge < -0.3 is 19.3 Å². The Balaban J connectivity index is 1.90. The molecule has 35 heavy (non-hydrogen) atoms. The lowest BCUT2D eigenvalue weighted by molar-refractivity contribution is -0.133. The van der Waals surface area contributed by atoms with Crippen LogP contribution in [0.5, 0.6) is 11.5 Å². The lowest BCUT2D eigenvalue weighted by Gasteiger charge is -2.30. The van der Waals surface area contributed by atoms with Crippen LogP contribution in [0.25, 0.3) is 0 Å². The van der Waals surface area contributed by atoms with Crippen molar-refractivity contribution in [2.45, 2.75) is 33.4 Å². The molecule has 0 fully saturated rings. The summed E-state index contributed by atoms with van der Waals surface area (Å²) in [5.74, 6) is 0.704. The van der Waals surface area contributed by atoms with Crippen molar-refractivity contribution in [3.8, 4) is 11.5 Å². The maximum atomic E-state index is 13.8. The zero-order valence-corrected chi connectivity index (χ0v) is 21.7.